The normalized spacial score (nSPS) is 19.2. The molecule has 2 rings (SSSR count). The Kier molecular flexibility index (Phi) is 5.76. The van der Waals surface area contributed by atoms with Crippen molar-refractivity contribution in [2.75, 3.05) is 33.4 Å². The van der Waals surface area contributed by atoms with Crippen molar-refractivity contribution in [2.24, 2.45) is 0 Å². The molecule has 106 valence electrons. The summed E-state index contributed by atoms with van der Waals surface area (Å²) in [6, 6.07) is 4.75. The van der Waals surface area contributed by atoms with Crippen LogP contribution in [0.4, 0.5) is 0 Å². The first-order valence-electron chi connectivity index (χ1n) is 7.15. The molecule has 0 aliphatic carbocycles. The Bertz CT molecular complexity index is 377. The lowest BCUT2D eigenvalue weighted by atomic mass is 10.2. The van der Waals surface area contributed by atoms with Gasteiger partial charge in [0.15, 0.2) is 0 Å². The average molecular weight is 263 g/mol. The van der Waals surface area contributed by atoms with Crippen LogP contribution in [0.15, 0.2) is 18.3 Å². The van der Waals surface area contributed by atoms with Gasteiger partial charge in [0.2, 0.25) is 0 Å². The lowest BCUT2D eigenvalue weighted by molar-refractivity contribution is 0.137. The number of rotatable bonds is 7. The third-order valence-corrected chi connectivity index (χ3v) is 3.74. The monoisotopic (exact) mass is 263 g/mol. The van der Waals surface area contributed by atoms with Crippen LogP contribution >= 0.6 is 0 Å². The van der Waals surface area contributed by atoms with Gasteiger partial charge in [0.05, 0.1) is 12.3 Å². The fraction of sp³-hybridized carbons (Fsp3) is 0.667. The van der Waals surface area contributed by atoms with Gasteiger partial charge in [-0.05, 0) is 37.9 Å². The first-order chi connectivity index (χ1) is 9.29. The van der Waals surface area contributed by atoms with Crippen LogP contribution < -0.4 is 5.32 Å². The first kappa shape index (κ1) is 14.4. The number of hydrogen-bond acceptors (Lipinski definition) is 4. The van der Waals surface area contributed by atoms with E-state index in [2.05, 4.69) is 28.2 Å². The molecular formula is C15H25N3O. The van der Waals surface area contributed by atoms with E-state index in [1.54, 1.807) is 7.11 Å². The van der Waals surface area contributed by atoms with Crippen LogP contribution in [0.25, 0.3) is 0 Å². The van der Waals surface area contributed by atoms with Crippen molar-refractivity contribution in [1.29, 1.82) is 0 Å². The third kappa shape index (κ3) is 4.56. The molecule has 0 bridgehead atoms. The molecule has 19 heavy (non-hydrogen) atoms. The molecule has 0 radical (unpaired) electrons. The molecule has 1 aliphatic heterocycles. The highest BCUT2D eigenvalue weighted by Crippen LogP contribution is 2.11. The summed E-state index contributed by atoms with van der Waals surface area (Å²) in [5.41, 5.74) is 2.45. The van der Waals surface area contributed by atoms with E-state index >= 15 is 0 Å². The molecule has 0 saturated carbocycles. The molecule has 1 saturated heterocycles. The molecule has 1 aromatic rings. The molecule has 0 spiro atoms. The Morgan fingerprint density at radius 2 is 2.42 bits per heavy atom. The smallest absolute Gasteiger partial charge is 0.0589 e. The van der Waals surface area contributed by atoms with Crippen LogP contribution in [-0.2, 0) is 11.3 Å². The fourth-order valence-electron chi connectivity index (χ4n) is 2.58. The second-order valence-corrected chi connectivity index (χ2v) is 5.29. The number of pyridine rings is 1. The van der Waals surface area contributed by atoms with Gasteiger partial charge in [0.1, 0.15) is 0 Å². The average Bonchev–Trinajstić information content (AvgIpc) is 2.91. The maximum atomic E-state index is 5.22. The molecule has 4 heteroatoms. The van der Waals surface area contributed by atoms with Crippen molar-refractivity contribution in [3.05, 3.63) is 29.6 Å². The molecule has 4 nitrogen and oxygen atoms in total. The van der Waals surface area contributed by atoms with E-state index in [0.29, 0.717) is 6.04 Å². The van der Waals surface area contributed by atoms with Crippen molar-refractivity contribution in [3.8, 4) is 0 Å². The number of aryl methyl sites for hydroxylation is 1. The number of hydrogen-bond donors (Lipinski definition) is 1. The van der Waals surface area contributed by atoms with Crippen LogP contribution in [0.2, 0.25) is 0 Å². The van der Waals surface area contributed by atoms with Gasteiger partial charge in [0.25, 0.3) is 0 Å². The lowest BCUT2D eigenvalue weighted by Crippen LogP contribution is -2.39. The number of nitrogens with one attached hydrogen (secondary N) is 1. The maximum Gasteiger partial charge on any atom is 0.0589 e. The van der Waals surface area contributed by atoms with Crippen LogP contribution in [-0.4, -0.2) is 49.3 Å². The van der Waals surface area contributed by atoms with Gasteiger partial charge in [-0.3, -0.25) is 9.88 Å². The molecule has 1 aromatic heterocycles. The zero-order chi connectivity index (χ0) is 13.5. The van der Waals surface area contributed by atoms with Crippen LogP contribution in [0.1, 0.15) is 24.1 Å². The van der Waals surface area contributed by atoms with Crippen LogP contribution in [0.5, 0.6) is 0 Å². The highest BCUT2D eigenvalue weighted by Gasteiger charge is 2.18. The molecule has 1 fully saturated rings. The molecule has 1 unspecified atom stereocenters. The lowest BCUT2D eigenvalue weighted by Gasteiger charge is -2.25. The highest BCUT2D eigenvalue weighted by molar-refractivity contribution is 5.17. The van der Waals surface area contributed by atoms with Gasteiger partial charge >= 0.3 is 0 Å². The molecule has 1 aliphatic rings. The first-order valence-corrected chi connectivity index (χ1v) is 7.15. The maximum absolute atomic E-state index is 5.22. The summed E-state index contributed by atoms with van der Waals surface area (Å²) >= 11 is 0. The SMILES string of the molecule is COCCN(Cc1ncccc1C)CC1CCCN1. The van der Waals surface area contributed by atoms with E-state index in [9.17, 15) is 0 Å². The van der Waals surface area contributed by atoms with Gasteiger partial charge in [-0.2, -0.15) is 0 Å². The van der Waals surface area contributed by atoms with Gasteiger partial charge in [-0.25, -0.2) is 0 Å². The van der Waals surface area contributed by atoms with Crippen molar-refractivity contribution >= 4 is 0 Å². The summed E-state index contributed by atoms with van der Waals surface area (Å²) in [6.45, 7) is 7.02. The molecule has 0 aromatic carbocycles. The van der Waals surface area contributed by atoms with E-state index < -0.39 is 0 Å². The summed E-state index contributed by atoms with van der Waals surface area (Å²) in [5, 5.41) is 3.56. The number of methoxy groups -OCH3 is 1. The number of nitrogens with zero attached hydrogens (tertiary/aromatic N) is 2. The standard InChI is InChI=1S/C15H25N3O/c1-13-5-3-8-17-15(13)12-18(9-10-19-2)11-14-6-4-7-16-14/h3,5,8,14,16H,4,6-7,9-12H2,1-2H3. The predicted molar refractivity (Wildman–Crippen MR) is 77.2 cm³/mol. The summed E-state index contributed by atoms with van der Waals surface area (Å²) in [5.74, 6) is 0. The summed E-state index contributed by atoms with van der Waals surface area (Å²) < 4.78 is 5.22. The van der Waals surface area contributed by atoms with E-state index in [4.69, 9.17) is 4.74 Å². The fourth-order valence-corrected chi connectivity index (χ4v) is 2.58. The largest absolute Gasteiger partial charge is 0.383 e. The molecule has 0 amide bonds. The topological polar surface area (TPSA) is 37.4 Å². The van der Waals surface area contributed by atoms with E-state index in [0.717, 1.165) is 32.8 Å². The molecule has 2 heterocycles. The van der Waals surface area contributed by atoms with Crippen molar-refractivity contribution in [2.45, 2.75) is 32.4 Å². The summed E-state index contributed by atoms with van der Waals surface area (Å²) in [6.07, 6.45) is 4.46. The summed E-state index contributed by atoms with van der Waals surface area (Å²) in [4.78, 5) is 6.94. The van der Waals surface area contributed by atoms with Crippen molar-refractivity contribution in [1.82, 2.24) is 15.2 Å². The zero-order valence-corrected chi connectivity index (χ0v) is 12.1. The Morgan fingerprint density at radius 1 is 1.53 bits per heavy atom. The van der Waals surface area contributed by atoms with Crippen LogP contribution in [0, 0.1) is 6.92 Å². The van der Waals surface area contributed by atoms with Gasteiger partial charge in [-0.15, -0.1) is 0 Å². The van der Waals surface area contributed by atoms with Gasteiger partial charge in [-0.1, -0.05) is 6.07 Å². The van der Waals surface area contributed by atoms with Gasteiger partial charge < -0.3 is 10.1 Å². The highest BCUT2D eigenvalue weighted by atomic mass is 16.5. The van der Waals surface area contributed by atoms with E-state index in [1.807, 2.05) is 12.3 Å². The Balaban J connectivity index is 1.94. The minimum atomic E-state index is 0.626. The zero-order valence-electron chi connectivity index (χ0n) is 12.1. The Labute approximate surface area is 116 Å². The van der Waals surface area contributed by atoms with E-state index in [1.165, 1.54) is 24.1 Å². The summed E-state index contributed by atoms with van der Waals surface area (Å²) in [7, 11) is 1.76. The van der Waals surface area contributed by atoms with Crippen molar-refractivity contribution in [3.63, 3.8) is 0 Å². The van der Waals surface area contributed by atoms with Crippen LogP contribution in [0.3, 0.4) is 0 Å². The predicted octanol–water partition coefficient (Wildman–Crippen LogP) is 1.59. The minimum absolute atomic E-state index is 0.626. The van der Waals surface area contributed by atoms with Gasteiger partial charge in [0, 0.05) is 39.0 Å². The second kappa shape index (κ2) is 7.58. The number of aromatic nitrogens is 1. The molecule has 1 N–H and O–H groups in total. The quantitative estimate of drug-likeness (QED) is 0.810. The second-order valence-electron chi connectivity index (χ2n) is 5.29. The number of ether oxygens (including phenoxy) is 1. The molecule has 1 atom stereocenters. The molecular weight excluding hydrogens is 238 g/mol. The van der Waals surface area contributed by atoms with Crippen molar-refractivity contribution < 1.29 is 4.74 Å². The Hall–Kier alpha value is -0.970. The Morgan fingerprint density at radius 3 is 3.11 bits per heavy atom. The third-order valence-electron chi connectivity index (χ3n) is 3.74. The van der Waals surface area contributed by atoms with E-state index in [-0.39, 0.29) is 0 Å². The minimum Gasteiger partial charge on any atom is -0.383 e.